The minimum absolute atomic E-state index is 0.142. The van der Waals surface area contributed by atoms with E-state index in [-0.39, 0.29) is 18.4 Å². The maximum atomic E-state index is 13.1. The molecule has 0 aliphatic rings. The topological polar surface area (TPSA) is 58.6 Å². The molecule has 1 atom stereocenters. The fraction of sp³-hybridized carbons (Fsp3) is 0.391. The van der Waals surface area contributed by atoms with Crippen LogP contribution in [0.25, 0.3) is 0 Å². The van der Waals surface area contributed by atoms with E-state index in [1.807, 2.05) is 31.2 Å². The van der Waals surface area contributed by atoms with Crippen LogP contribution in [-0.4, -0.2) is 35.9 Å². The molecule has 0 aliphatic carbocycles. The number of ether oxygens (including phenoxy) is 1. The van der Waals surface area contributed by atoms with Crippen molar-refractivity contribution in [2.75, 3.05) is 13.2 Å². The third-order valence-electron chi connectivity index (χ3n) is 4.66. The molecule has 7 heteroatoms. The normalized spacial score (nSPS) is 11.6. The predicted molar refractivity (Wildman–Crippen MR) is 124 cm³/mol. The van der Waals surface area contributed by atoms with E-state index in [2.05, 4.69) is 28.2 Å². The van der Waals surface area contributed by atoms with Crippen LogP contribution in [0, 0.1) is 0 Å². The maximum Gasteiger partial charge on any atom is 0.261 e. The Morgan fingerprint density at radius 1 is 1.10 bits per heavy atom. The summed E-state index contributed by atoms with van der Waals surface area (Å²) in [4.78, 5) is 27.4. The number of hydrogen-bond acceptors (Lipinski definition) is 3. The summed E-state index contributed by atoms with van der Waals surface area (Å²) in [6.07, 6.45) is 2.40. The molecule has 0 saturated heterocycles. The molecule has 1 N–H and O–H groups in total. The standard InChI is InChI=1S/C23H28BrClN2O3/c1-3-5-14-26-23(29)21(4-2)27(15-17-6-10-19(25)11-7-17)22(28)16-30-20-12-8-18(24)9-13-20/h6-13,21H,3-5,14-16H2,1-2H3,(H,26,29)/t21-/m0/s1. The molecular weight excluding hydrogens is 468 g/mol. The molecule has 2 aromatic rings. The Kier molecular flexibility index (Phi) is 10.2. The fourth-order valence-electron chi connectivity index (χ4n) is 2.97. The lowest BCUT2D eigenvalue weighted by molar-refractivity contribution is -0.143. The summed E-state index contributed by atoms with van der Waals surface area (Å²) in [5.41, 5.74) is 0.899. The first-order valence-corrected chi connectivity index (χ1v) is 11.3. The van der Waals surface area contributed by atoms with Crippen LogP contribution < -0.4 is 10.1 Å². The van der Waals surface area contributed by atoms with Crippen LogP contribution in [0.5, 0.6) is 5.75 Å². The summed E-state index contributed by atoms with van der Waals surface area (Å²) in [6, 6.07) is 14.0. The van der Waals surface area contributed by atoms with Gasteiger partial charge in [-0.15, -0.1) is 0 Å². The number of nitrogens with one attached hydrogen (secondary N) is 1. The van der Waals surface area contributed by atoms with Crippen LogP contribution >= 0.6 is 27.5 Å². The second-order valence-corrected chi connectivity index (χ2v) is 8.31. The van der Waals surface area contributed by atoms with Crippen molar-refractivity contribution >= 4 is 39.3 Å². The van der Waals surface area contributed by atoms with E-state index in [9.17, 15) is 9.59 Å². The average molecular weight is 496 g/mol. The van der Waals surface area contributed by atoms with Gasteiger partial charge in [0.05, 0.1) is 0 Å². The number of nitrogens with zero attached hydrogens (tertiary/aromatic N) is 1. The molecule has 0 spiro atoms. The van der Waals surface area contributed by atoms with Gasteiger partial charge in [-0.3, -0.25) is 9.59 Å². The van der Waals surface area contributed by atoms with Crippen LogP contribution in [0.2, 0.25) is 5.02 Å². The van der Waals surface area contributed by atoms with Gasteiger partial charge in [0.25, 0.3) is 5.91 Å². The van der Waals surface area contributed by atoms with Crippen molar-refractivity contribution in [3.05, 3.63) is 63.6 Å². The first kappa shape index (κ1) is 24.2. The van der Waals surface area contributed by atoms with Crippen molar-refractivity contribution < 1.29 is 14.3 Å². The van der Waals surface area contributed by atoms with Gasteiger partial charge in [0, 0.05) is 22.6 Å². The third-order valence-corrected chi connectivity index (χ3v) is 5.44. The van der Waals surface area contributed by atoms with E-state index in [0.29, 0.717) is 30.3 Å². The highest BCUT2D eigenvalue weighted by Crippen LogP contribution is 2.18. The largest absolute Gasteiger partial charge is 0.484 e. The number of carbonyl (C=O) groups is 2. The van der Waals surface area contributed by atoms with E-state index < -0.39 is 6.04 Å². The lowest BCUT2D eigenvalue weighted by atomic mass is 10.1. The third kappa shape index (κ3) is 7.65. The van der Waals surface area contributed by atoms with Crippen molar-refractivity contribution in [1.29, 1.82) is 0 Å². The Morgan fingerprint density at radius 3 is 2.37 bits per heavy atom. The molecule has 5 nitrogen and oxygen atoms in total. The van der Waals surface area contributed by atoms with Crippen molar-refractivity contribution in [2.45, 2.75) is 45.7 Å². The van der Waals surface area contributed by atoms with Gasteiger partial charge >= 0.3 is 0 Å². The highest BCUT2D eigenvalue weighted by molar-refractivity contribution is 9.10. The van der Waals surface area contributed by atoms with E-state index in [1.165, 1.54) is 0 Å². The predicted octanol–water partition coefficient (Wildman–Crippen LogP) is 5.21. The molecule has 0 unspecified atom stereocenters. The highest BCUT2D eigenvalue weighted by Gasteiger charge is 2.28. The summed E-state index contributed by atoms with van der Waals surface area (Å²) in [5.74, 6) is 0.209. The Bertz CT molecular complexity index is 812. The van der Waals surface area contributed by atoms with Crippen LogP contribution in [-0.2, 0) is 16.1 Å². The molecule has 0 radical (unpaired) electrons. The smallest absolute Gasteiger partial charge is 0.261 e. The van der Waals surface area contributed by atoms with Crippen molar-refractivity contribution in [1.82, 2.24) is 10.2 Å². The Balaban J connectivity index is 2.15. The SMILES string of the molecule is CCCCNC(=O)[C@H](CC)N(Cc1ccc(Cl)cc1)C(=O)COc1ccc(Br)cc1. The molecule has 0 bridgehead atoms. The van der Waals surface area contributed by atoms with E-state index >= 15 is 0 Å². The molecule has 2 amide bonds. The zero-order valence-electron chi connectivity index (χ0n) is 17.4. The van der Waals surface area contributed by atoms with E-state index in [1.54, 1.807) is 29.2 Å². The summed E-state index contributed by atoms with van der Waals surface area (Å²) in [6.45, 7) is 4.73. The molecule has 0 aromatic heterocycles. The molecule has 30 heavy (non-hydrogen) atoms. The minimum atomic E-state index is -0.571. The fourth-order valence-corrected chi connectivity index (χ4v) is 3.36. The number of halogens is 2. The zero-order chi connectivity index (χ0) is 21.9. The molecule has 162 valence electrons. The Hall–Kier alpha value is -2.05. The Labute approximate surface area is 191 Å². The zero-order valence-corrected chi connectivity index (χ0v) is 19.7. The van der Waals surface area contributed by atoms with Crippen LogP contribution in [0.1, 0.15) is 38.7 Å². The number of rotatable bonds is 11. The van der Waals surface area contributed by atoms with Crippen molar-refractivity contribution in [2.24, 2.45) is 0 Å². The van der Waals surface area contributed by atoms with Gasteiger partial charge in [-0.2, -0.15) is 0 Å². The first-order valence-electron chi connectivity index (χ1n) is 10.1. The summed E-state index contributed by atoms with van der Waals surface area (Å²) in [7, 11) is 0. The van der Waals surface area contributed by atoms with Gasteiger partial charge in [0.15, 0.2) is 6.61 Å². The van der Waals surface area contributed by atoms with E-state index in [0.717, 1.165) is 22.9 Å². The monoisotopic (exact) mass is 494 g/mol. The van der Waals surface area contributed by atoms with Crippen LogP contribution in [0.3, 0.4) is 0 Å². The number of amides is 2. The van der Waals surface area contributed by atoms with Crippen LogP contribution in [0.4, 0.5) is 0 Å². The summed E-state index contributed by atoms with van der Waals surface area (Å²) >= 11 is 9.36. The minimum Gasteiger partial charge on any atom is -0.484 e. The van der Waals surface area contributed by atoms with Gasteiger partial charge < -0.3 is 15.0 Å². The van der Waals surface area contributed by atoms with E-state index in [4.69, 9.17) is 16.3 Å². The van der Waals surface area contributed by atoms with Crippen LogP contribution in [0.15, 0.2) is 53.0 Å². The second-order valence-electron chi connectivity index (χ2n) is 6.96. The number of benzene rings is 2. The molecule has 2 aromatic carbocycles. The van der Waals surface area contributed by atoms with Gasteiger partial charge in [-0.05, 0) is 54.8 Å². The molecule has 0 aliphatic heterocycles. The summed E-state index contributed by atoms with van der Waals surface area (Å²) < 4.78 is 6.60. The van der Waals surface area contributed by atoms with Gasteiger partial charge in [-0.1, -0.05) is 59.9 Å². The molecule has 0 fully saturated rings. The highest BCUT2D eigenvalue weighted by atomic mass is 79.9. The molecule has 0 saturated carbocycles. The lowest BCUT2D eigenvalue weighted by Crippen LogP contribution is -2.50. The van der Waals surface area contributed by atoms with Gasteiger partial charge in [0.1, 0.15) is 11.8 Å². The average Bonchev–Trinajstić information content (AvgIpc) is 2.74. The molecule has 2 rings (SSSR count). The summed E-state index contributed by atoms with van der Waals surface area (Å²) in [5, 5.41) is 3.57. The Morgan fingerprint density at radius 2 is 1.77 bits per heavy atom. The number of unbranched alkanes of at least 4 members (excludes halogenated alkanes) is 1. The first-order chi connectivity index (χ1) is 14.4. The van der Waals surface area contributed by atoms with Gasteiger partial charge in [0.2, 0.25) is 5.91 Å². The van der Waals surface area contributed by atoms with Gasteiger partial charge in [-0.25, -0.2) is 0 Å². The lowest BCUT2D eigenvalue weighted by Gasteiger charge is -2.30. The second kappa shape index (κ2) is 12.6. The maximum absolute atomic E-state index is 13.1. The number of carbonyl (C=O) groups excluding carboxylic acids is 2. The quantitative estimate of drug-likeness (QED) is 0.436. The molecular formula is C23H28BrClN2O3. The van der Waals surface area contributed by atoms with Crippen molar-refractivity contribution in [3.8, 4) is 5.75 Å². The number of hydrogen-bond donors (Lipinski definition) is 1. The molecule has 0 heterocycles. The van der Waals surface area contributed by atoms with Crippen molar-refractivity contribution in [3.63, 3.8) is 0 Å².